The van der Waals surface area contributed by atoms with Gasteiger partial charge in [0.15, 0.2) is 0 Å². The van der Waals surface area contributed by atoms with Crippen molar-refractivity contribution in [1.29, 1.82) is 0 Å². The van der Waals surface area contributed by atoms with Crippen molar-refractivity contribution in [2.75, 3.05) is 49.1 Å². The molecule has 1 fully saturated rings. The highest BCUT2D eigenvalue weighted by Gasteiger charge is 2.18. The highest BCUT2D eigenvalue weighted by Crippen LogP contribution is 2.31. The van der Waals surface area contributed by atoms with Crippen molar-refractivity contribution in [3.63, 3.8) is 0 Å². The van der Waals surface area contributed by atoms with Crippen LogP contribution in [0.25, 0.3) is 16.2 Å². The molecule has 2 aromatic carbocycles. The maximum atomic E-state index is 11.7. The van der Waals surface area contributed by atoms with Gasteiger partial charge >= 0.3 is 0 Å². The summed E-state index contributed by atoms with van der Waals surface area (Å²) >= 11 is 1.82. The lowest BCUT2D eigenvalue weighted by Gasteiger charge is -2.36. The van der Waals surface area contributed by atoms with Crippen molar-refractivity contribution in [3.05, 3.63) is 59.5 Å². The number of carbonyl (C=O) groups is 1. The van der Waals surface area contributed by atoms with E-state index in [4.69, 9.17) is 4.74 Å². The zero-order valence-corrected chi connectivity index (χ0v) is 22.0. The Morgan fingerprint density at radius 2 is 1.91 bits per heavy atom. The summed E-state index contributed by atoms with van der Waals surface area (Å²) in [5, 5.41) is 3.57. The minimum absolute atomic E-state index is 0.0883. The van der Waals surface area contributed by atoms with E-state index in [1.807, 2.05) is 62.5 Å². The minimum atomic E-state index is 0.0883. The van der Waals surface area contributed by atoms with Gasteiger partial charge in [0, 0.05) is 54.1 Å². The maximum Gasteiger partial charge on any atom is 0.214 e. The number of piperazine rings is 1. The molecule has 0 saturated carbocycles. The Labute approximate surface area is 213 Å². The molecule has 0 atom stereocenters. The normalized spacial score (nSPS) is 14.8. The summed E-state index contributed by atoms with van der Waals surface area (Å²) in [6, 6.07) is 15.0. The molecule has 0 N–H and O–H groups in total. The maximum absolute atomic E-state index is 11.7. The molecular weight excluding hydrogens is 454 g/mol. The summed E-state index contributed by atoms with van der Waals surface area (Å²) in [6.07, 6.45) is 7.05. The first-order valence-electron chi connectivity index (χ1n) is 12.7. The van der Waals surface area contributed by atoms with Crippen LogP contribution in [-0.4, -0.2) is 56.7 Å². The Bertz CT molecular complexity index is 1130. The number of nitrogens with zero attached hydrogens (tertiary/aromatic N) is 3. The Morgan fingerprint density at radius 3 is 2.66 bits per heavy atom. The quantitative estimate of drug-likeness (QED) is 0.233. The third-order valence-electron chi connectivity index (χ3n) is 6.62. The second-order valence-corrected chi connectivity index (χ2v) is 10.3. The van der Waals surface area contributed by atoms with Crippen LogP contribution in [-0.2, 0) is 4.79 Å². The molecule has 1 aliphatic heterocycles. The first kappa shape index (κ1) is 25.3. The SMILES string of the molecule is C/C=C\c1ccc(OCCCCN2CCN(c3cccc4sccc34)CC2)cc1N(C=O)C(C)C. The Hall–Kier alpha value is -2.83. The van der Waals surface area contributed by atoms with Crippen molar-refractivity contribution >= 4 is 45.3 Å². The number of amides is 1. The molecule has 2 heterocycles. The van der Waals surface area contributed by atoms with E-state index in [0.29, 0.717) is 6.61 Å². The summed E-state index contributed by atoms with van der Waals surface area (Å²) in [6.45, 7) is 12.2. The second-order valence-electron chi connectivity index (χ2n) is 9.32. The predicted octanol–water partition coefficient (Wildman–Crippen LogP) is 6.29. The number of rotatable bonds is 11. The highest BCUT2D eigenvalue weighted by atomic mass is 32.1. The largest absolute Gasteiger partial charge is 0.494 e. The summed E-state index contributed by atoms with van der Waals surface area (Å²) in [7, 11) is 0. The standard InChI is InChI=1S/C29H37N3O2S/c1-4-8-24-11-12-25(21-28(24)32(22-33)23(2)3)34-19-6-5-14-30-15-17-31(18-16-30)27-9-7-10-29-26(27)13-20-35-29/h4,7-13,20-23H,5-6,14-19H2,1-3H3/b8-4-. The molecule has 35 heavy (non-hydrogen) atoms. The van der Waals surface area contributed by atoms with Crippen molar-refractivity contribution in [1.82, 2.24) is 4.90 Å². The highest BCUT2D eigenvalue weighted by molar-refractivity contribution is 7.17. The molecule has 0 spiro atoms. The molecule has 1 aliphatic rings. The van der Waals surface area contributed by atoms with Crippen LogP contribution >= 0.6 is 11.3 Å². The second kappa shape index (κ2) is 12.2. The van der Waals surface area contributed by atoms with Crippen molar-refractivity contribution in [2.24, 2.45) is 0 Å². The first-order chi connectivity index (χ1) is 17.1. The van der Waals surface area contributed by atoms with Gasteiger partial charge in [0.05, 0.1) is 12.3 Å². The summed E-state index contributed by atoms with van der Waals surface area (Å²) in [5.41, 5.74) is 3.29. The molecule has 6 heteroatoms. The summed E-state index contributed by atoms with van der Waals surface area (Å²) < 4.78 is 7.43. The number of unbranched alkanes of at least 4 members (excludes halogenated alkanes) is 1. The van der Waals surface area contributed by atoms with Crippen molar-refractivity contribution in [3.8, 4) is 5.75 Å². The van der Waals surface area contributed by atoms with Gasteiger partial charge in [-0.1, -0.05) is 18.2 Å². The molecule has 0 radical (unpaired) electrons. The van der Waals surface area contributed by atoms with Gasteiger partial charge in [0.2, 0.25) is 6.41 Å². The molecular formula is C29H37N3O2S. The molecule has 1 saturated heterocycles. The fourth-order valence-corrected chi connectivity index (χ4v) is 5.52. The lowest BCUT2D eigenvalue weighted by molar-refractivity contribution is -0.107. The molecule has 1 amide bonds. The first-order valence-corrected chi connectivity index (χ1v) is 13.6. The molecule has 0 aliphatic carbocycles. The zero-order chi connectivity index (χ0) is 24.6. The van der Waals surface area contributed by atoms with E-state index in [0.717, 1.165) is 69.0 Å². The van der Waals surface area contributed by atoms with E-state index in [2.05, 4.69) is 39.4 Å². The fourth-order valence-electron chi connectivity index (χ4n) is 4.71. The topological polar surface area (TPSA) is 36.0 Å². The molecule has 0 bridgehead atoms. The average molecular weight is 492 g/mol. The van der Waals surface area contributed by atoms with E-state index >= 15 is 0 Å². The van der Waals surface area contributed by atoms with Crippen LogP contribution in [0.5, 0.6) is 5.75 Å². The average Bonchev–Trinajstić information content (AvgIpc) is 3.35. The Balaban J connectivity index is 1.22. The lowest BCUT2D eigenvalue weighted by atomic mass is 10.1. The number of allylic oxidation sites excluding steroid dienone is 1. The van der Waals surface area contributed by atoms with Gasteiger partial charge in [0.25, 0.3) is 0 Å². The smallest absolute Gasteiger partial charge is 0.214 e. The van der Waals surface area contributed by atoms with E-state index in [1.54, 1.807) is 4.90 Å². The van der Waals surface area contributed by atoms with E-state index in [-0.39, 0.29) is 6.04 Å². The molecule has 5 nitrogen and oxygen atoms in total. The number of thiophene rings is 1. The van der Waals surface area contributed by atoms with Crippen LogP contribution < -0.4 is 14.5 Å². The van der Waals surface area contributed by atoms with Crippen LogP contribution in [0, 0.1) is 0 Å². The van der Waals surface area contributed by atoms with Gasteiger partial charge in [-0.3, -0.25) is 9.69 Å². The number of fused-ring (bicyclic) bond motifs is 1. The Morgan fingerprint density at radius 1 is 1.09 bits per heavy atom. The van der Waals surface area contributed by atoms with Gasteiger partial charge in [0.1, 0.15) is 5.75 Å². The molecule has 186 valence electrons. The van der Waals surface area contributed by atoms with Crippen LogP contribution in [0.4, 0.5) is 11.4 Å². The van der Waals surface area contributed by atoms with Crippen LogP contribution in [0.3, 0.4) is 0 Å². The molecule has 1 aromatic heterocycles. The van der Waals surface area contributed by atoms with Crippen LogP contribution in [0.1, 0.15) is 39.2 Å². The molecule has 4 rings (SSSR count). The van der Waals surface area contributed by atoms with Gasteiger partial charge in [-0.15, -0.1) is 11.3 Å². The number of carbonyl (C=O) groups excluding carboxylic acids is 1. The number of anilines is 2. The Kier molecular flexibility index (Phi) is 8.83. The minimum Gasteiger partial charge on any atom is -0.494 e. The molecule has 0 unspecified atom stereocenters. The van der Waals surface area contributed by atoms with Crippen LogP contribution in [0.2, 0.25) is 0 Å². The van der Waals surface area contributed by atoms with Gasteiger partial charge in [-0.2, -0.15) is 0 Å². The molecule has 3 aromatic rings. The van der Waals surface area contributed by atoms with Crippen molar-refractivity contribution < 1.29 is 9.53 Å². The third kappa shape index (κ3) is 6.24. The third-order valence-corrected chi connectivity index (χ3v) is 7.50. The predicted molar refractivity (Wildman–Crippen MR) is 150 cm³/mol. The van der Waals surface area contributed by atoms with E-state index < -0.39 is 0 Å². The number of ether oxygens (including phenoxy) is 1. The fraction of sp³-hybridized carbons (Fsp3) is 0.414. The van der Waals surface area contributed by atoms with Gasteiger partial charge in [-0.25, -0.2) is 0 Å². The lowest BCUT2D eigenvalue weighted by Crippen LogP contribution is -2.46. The van der Waals surface area contributed by atoms with E-state index in [9.17, 15) is 4.79 Å². The monoisotopic (exact) mass is 491 g/mol. The van der Waals surface area contributed by atoms with Crippen LogP contribution in [0.15, 0.2) is 53.9 Å². The summed E-state index contributed by atoms with van der Waals surface area (Å²) in [5.74, 6) is 0.817. The zero-order valence-electron chi connectivity index (χ0n) is 21.2. The van der Waals surface area contributed by atoms with Gasteiger partial charge < -0.3 is 14.5 Å². The van der Waals surface area contributed by atoms with E-state index in [1.165, 1.54) is 15.8 Å². The van der Waals surface area contributed by atoms with Gasteiger partial charge in [-0.05, 0) is 81.4 Å². The number of benzene rings is 2. The number of hydrogen-bond acceptors (Lipinski definition) is 5. The van der Waals surface area contributed by atoms with Crippen molar-refractivity contribution in [2.45, 2.75) is 39.7 Å². The number of hydrogen-bond donors (Lipinski definition) is 0. The summed E-state index contributed by atoms with van der Waals surface area (Å²) in [4.78, 5) is 18.5.